The molecule has 39 heavy (non-hydrogen) atoms. The van der Waals surface area contributed by atoms with Crippen molar-refractivity contribution in [1.82, 2.24) is 4.31 Å². The fraction of sp³-hybridized carbons (Fsp3) is 0.344. The van der Waals surface area contributed by atoms with Gasteiger partial charge in [0, 0.05) is 50.1 Å². The Bertz CT molecular complexity index is 1310. The fourth-order valence-electron chi connectivity index (χ4n) is 4.65. The molecule has 0 aromatic heterocycles. The van der Waals surface area contributed by atoms with Gasteiger partial charge in [0.25, 0.3) is 0 Å². The van der Waals surface area contributed by atoms with Crippen molar-refractivity contribution in [3.8, 4) is 0 Å². The summed E-state index contributed by atoms with van der Waals surface area (Å²) in [5.74, 6) is 0. The van der Waals surface area contributed by atoms with E-state index >= 15 is 0 Å². The molecule has 0 spiro atoms. The molecule has 0 unspecified atom stereocenters. The molecule has 0 bridgehead atoms. The highest BCUT2D eigenvalue weighted by Gasteiger charge is 2.30. The SMILES string of the molecule is CCc1ccc(N(C)SN(CC)Cc2cccc(CCC3=C(C)CC(c4ccc(C(F)(F)F)cc4)=N3)c2)cc1. The molecule has 0 saturated carbocycles. The van der Waals surface area contributed by atoms with E-state index in [2.05, 4.69) is 85.0 Å². The number of rotatable bonds is 11. The molecule has 0 radical (unpaired) electrons. The lowest BCUT2D eigenvalue weighted by atomic mass is 10.0. The summed E-state index contributed by atoms with van der Waals surface area (Å²) in [4.78, 5) is 4.80. The maximum absolute atomic E-state index is 12.9. The lowest BCUT2D eigenvalue weighted by Gasteiger charge is -2.26. The number of aliphatic imine (C=N–C) groups is 1. The number of aryl methyl sites for hydroxylation is 2. The lowest BCUT2D eigenvalue weighted by Crippen LogP contribution is -2.22. The zero-order valence-electron chi connectivity index (χ0n) is 23.1. The lowest BCUT2D eigenvalue weighted by molar-refractivity contribution is -0.137. The Balaban J connectivity index is 1.35. The Kier molecular flexibility index (Phi) is 9.57. The number of alkyl halides is 3. The normalized spacial score (nSPS) is 13.8. The summed E-state index contributed by atoms with van der Waals surface area (Å²) in [6, 6.07) is 22.7. The van der Waals surface area contributed by atoms with Gasteiger partial charge in [-0.3, -0.25) is 4.99 Å². The largest absolute Gasteiger partial charge is 0.416 e. The van der Waals surface area contributed by atoms with Gasteiger partial charge in [-0.15, -0.1) is 0 Å². The van der Waals surface area contributed by atoms with Crippen molar-refractivity contribution in [2.24, 2.45) is 4.99 Å². The minimum Gasteiger partial charge on any atom is -0.306 e. The number of allylic oxidation sites excluding steroid dienone is 2. The van der Waals surface area contributed by atoms with Gasteiger partial charge in [-0.25, -0.2) is 4.31 Å². The topological polar surface area (TPSA) is 18.8 Å². The zero-order chi connectivity index (χ0) is 28.0. The van der Waals surface area contributed by atoms with Crippen molar-refractivity contribution < 1.29 is 13.2 Å². The van der Waals surface area contributed by atoms with Gasteiger partial charge in [-0.05, 0) is 78.3 Å². The van der Waals surface area contributed by atoms with Crippen molar-refractivity contribution in [2.45, 2.75) is 59.2 Å². The van der Waals surface area contributed by atoms with Crippen molar-refractivity contribution in [1.29, 1.82) is 0 Å². The fourth-order valence-corrected chi connectivity index (χ4v) is 5.53. The first-order valence-corrected chi connectivity index (χ1v) is 14.2. The van der Waals surface area contributed by atoms with Crippen LogP contribution in [0, 0.1) is 0 Å². The van der Waals surface area contributed by atoms with Crippen LogP contribution in [0.2, 0.25) is 0 Å². The summed E-state index contributed by atoms with van der Waals surface area (Å²) in [6.45, 7) is 8.16. The number of hydrogen-bond acceptors (Lipinski definition) is 4. The second-order valence-electron chi connectivity index (χ2n) is 9.91. The molecule has 1 aliphatic rings. The molecule has 3 aromatic carbocycles. The monoisotopic (exact) mass is 551 g/mol. The minimum absolute atomic E-state index is 0.632. The van der Waals surface area contributed by atoms with E-state index in [4.69, 9.17) is 4.99 Å². The highest BCUT2D eigenvalue weighted by Crippen LogP contribution is 2.31. The molecular weight excluding hydrogens is 515 g/mol. The molecule has 206 valence electrons. The maximum atomic E-state index is 12.9. The third-order valence-corrected chi connectivity index (χ3v) is 8.11. The van der Waals surface area contributed by atoms with Gasteiger partial charge in [0.1, 0.15) is 0 Å². The molecule has 0 N–H and O–H groups in total. The van der Waals surface area contributed by atoms with E-state index in [1.807, 2.05) is 0 Å². The predicted molar refractivity (Wildman–Crippen MR) is 158 cm³/mol. The van der Waals surface area contributed by atoms with Gasteiger partial charge >= 0.3 is 6.18 Å². The molecule has 1 aliphatic heterocycles. The molecule has 0 aliphatic carbocycles. The van der Waals surface area contributed by atoms with Crippen molar-refractivity contribution in [3.05, 3.63) is 112 Å². The van der Waals surface area contributed by atoms with Crippen LogP contribution in [-0.2, 0) is 25.6 Å². The second kappa shape index (κ2) is 12.9. The van der Waals surface area contributed by atoms with Crippen molar-refractivity contribution in [2.75, 3.05) is 17.9 Å². The predicted octanol–water partition coefficient (Wildman–Crippen LogP) is 8.89. The number of nitrogens with zero attached hydrogens (tertiary/aromatic N) is 3. The minimum atomic E-state index is -4.33. The second-order valence-corrected chi connectivity index (χ2v) is 11.1. The zero-order valence-corrected chi connectivity index (χ0v) is 23.9. The van der Waals surface area contributed by atoms with E-state index in [9.17, 15) is 13.2 Å². The molecule has 4 rings (SSSR count). The summed E-state index contributed by atoms with van der Waals surface area (Å²) in [5.41, 5.74) is 8.23. The van der Waals surface area contributed by atoms with Crippen LogP contribution in [0.3, 0.4) is 0 Å². The van der Waals surface area contributed by atoms with Crippen LogP contribution in [0.4, 0.5) is 18.9 Å². The van der Waals surface area contributed by atoms with E-state index in [1.165, 1.54) is 40.1 Å². The Morgan fingerprint density at radius 2 is 1.56 bits per heavy atom. The highest BCUT2D eigenvalue weighted by molar-refractivity contribution is 7.98. The molecule has 1 heterocycles. The van der Waals surface area contributed by atoms with E-state index in [0.29, 0.717) is 6.42 Å². The third kappa shape index (κ3) is 7.76. The van der Waals surface area contributed by atoms with Crippen molar-refractivity contribution in [3.63, 3.8) is 0 Å². The number of benzene rings is 3. The molecule has 7 heteroatoms. The number of halogens is 3. The Hall–Kier alpha value is -3.03. The summed E-state index contributed by atoms with van der Waals surface area (Å²) in [5, 5.41) is 0. The first-order valence-electron chi connectivity index (χ1n) is 13.4. The maximum Gasteiger partial charge on any atom is 0.416 e. The Labute approximate surface area is 234 Å². The van der Waals surface area contributed by atoms with Gasteiger partial charge in [0.05, 0.1) is 11.3 Å². The quantitative estimate of drug-likeness (QED) is 0.222. The molecular formula is C32H36F3N3S. The van der Waals surface area contributed by atoms with Crippen LogP contribution in [0.15, 0.2) is 89.1 Å². The van der Waals surface area contributed by atoms with Crippen LogP contribution >= 0.6 is 12.1 Å². The van der Waals surface area contributed by atoms with Gasteiger partial charge in [0.2, 0.25) is 0 Å². The molecule has 3 aromatic rings. The summed E-state index contributed by atoms with van der Waals surface area (Å²) in [7, 11) is 2.10. The van der Waals surface area contributed by atoms with Crippen LogP contribution in [0.25, 0.3) is 0 Å². The smallest absolute Gasteiger partial charge is 0.306 e. The van der Waals surface area contributed by atoms with Gasteiger partial charge < -0.3 is 4.31 Å². The van der Waals surface area contributed by atoms with Crippen LogP contribution < -0.4 is 4.31 Å². The van der Waals surface area contributed by atoms with Gasteiger partial charge in [-0.2, -0.15) is 13.2 Å². The van der Waals surface area contributed by atoms with Gasteiger partial charge in [0.15, 0.2) is 0 Å². The number of anilines is 1. The van der Waals surface area contributed by atoms with Crippen LogP contribution in [0.1, 0.15) is 61.4 Å². The summed E-state index contributed by atoms with van der Waals surface area (Å²) in [6.07, 6.45) is -0.932. The van der Waals surface area contributed by atoms with E-state index in [0.717, 1.165) is 61.5 Å². The highest BCUT2D eigenvalue weighted by atomic mass is 32.2. The molecule has 0 amide bonds. The number of hydrogen-bond donors (Lipinski definition) is 0. The average molecular weight is 552 g/mol. The molecule has 0 fully saturated rings. The Morgan fingerprint density at radius 3 is 2.21 bits per heavy atom. The first-order chi connectivity index (χ1) is 18.7. The van der Waals surface area contributed by atoms with Crippen LogP contribution in [0.5, 0.6) is 0 Å². The van der Waals surface area contributed by atoms with E-state index in [-0.39, 0.29) is 0 Å². The van der Waals surface area contributed by atoms with Gasteiger partial charge in [-0.1, -0.05) is 62.4 Å². The summed E-state index contributed by atoms with van der Waals surface area (Å²) < 4.78 is 43.3. The molecule has 0 atom stereocenters. The van der Waals surface area contributed by atoms with Crippen molar-refractivity contribution >= 4 is 23.5 Å². The first kappa shape index (κ1) is 29.0. The molecule has 3 nitrogen and oxygen atoms in total. The standard InChI is InChI=1S/C32H36F3N3S/c1-5-24-10-17-29(18-11-24)37(4)39-38(6-2)22-26-9-7-8-25(21-26)12-19-30-23(3)20-31(36-30)27-13-15-28(16-14-27)32(33,34)35/h7-11,13-18,21H,5-6,12,19-20,22H2,1-4H3. The van der Waals surface area contributed by atoms with E-state index < -0.39 is 11.7 Å². The average Bonchev–Trinajstić information content (AvgIpc) is 3.31. The van der Waals surface area contributed by atoms with E-state index in [1.54, 1.807) is 12.1 Å². The Morgan fingerprint density at radius 1 is 0.872 bits per heavy atom. The molecule has 0 saturated heterocycles. The summed E-state index contributed by atoms with van der Waals surface area (Å²) >= 11 is 1.73. The third-order valence-electron chi connectivity index (χ3n) is 7.04. The van der Waals surface area contributed by atoms with Crippen LogP contribution in [-0.4, -0.2) is 23.6 Å².